The first kappa shape index (κ1) is 15.8. The van der Waals surface area contributed by atoms with Gasteiger partial charge in [-0.2, -0.15) is 0 Å². The molecular weight excluding hydrogens is 306 g/mol. The Morgan fingerprint density at radius 2 is 2.14 bits per heavy atom. The third-order valence-electron chi connectivity index (χ3n) is 2.86. The van der Waals surface area contributed by atoms with Gasteiger partial charge in [-0.05, 0) is 12.1 Å². The Balaban J connectivity index is 2.46. The highest BCUT2D eigenvalue weighted by Gasteiger charge is 2.22. The number of hydrogen-bond donors (Lipinski definition) is 2. The number of thiazole rings is 1. The lowest BCUT2D eigenvalue weighted by atomic mass is 9.98. The van der Waals surface area contributed by atoms with Gasteiger partial charge in [0.15, 0.2) is 0 Å². The van der Waals surface area contributed by atoms with Gasteiger partial charge in [0.1, 0.15) is 0 Å². The Hall–Kier alpha value is -1.59. The molecule has 21 heavy (non-hydrogen) atoms. The van der Waals surface area contributed by atoms with Crippen LogP contribution < -0.4 is 11.1 Å². The first-order chi connectivity index (χ1) is 9.77. The van der Waals surface area contributed by atoms with Crippen LogP contribution >= 0.6 is 22.9 Å². The van der Waals surface area contributed by atoms with Crippen molar-refractivity contribution in [2.24, 2.45) is 5.73 Å². The first-order valence-corrected chi connectivity index (χ1v) is 7.76. The van der Waals surface area contributed by atoms with Crippen molar-refractivity contribution in [1.82, 2.24) is 10.3 Å². The highest BCUT2D eigenvalue weighted by molar-refractivity contribution is 7.12. The number of carbonyl (C=O) groups excluding carboxylic acids is 1. The number of hydrogen-bond acceptors (Lipinski definition) is 3. The maximum Gasteiger partial charge on any atom is 0.312 e. The summed E-state index contributed by atoms with van der Waals surface area (Å²) in [6.07, 6.45) is 0. The van der Waals surface area contributed by atoms with E-state index in [2.05, 4.69) is 26.1 Å². The van der Waals surface area contributed by atoms with Crippen molar-refractivity contribution < 1.29 is 4.79 Å². The Morgan fingerprint density at radius 3 is 2.71 bits per heavy atom. The Bertz CT molecular complexity index is 661. The fraction of sp³-hybridized carbons (Fsp3) is 0.333. The highest BCUT2D eigenvalue weighted by atomic mass is 35.5. The smallest absolute Gasteiger partial charge is 0.312 e. The quantitative estimate of drug-likeness (QED) is 0.898. The predicted molar refractivity (Wildman–Crippen MR) is 87.7 cm³/mol. The molecule has 2 aromatic rings. The SMILES string of the molecule is CC(C)(C)c1nc(-c2cccc(Cl)c2)c(CNC(N)=O)s1. The zero-order valence-electron chi connectivity index (χ0n) is 12.2. The second-order valence-corrected chi connectivity index (χ2v) is 7.29. The molecule has 0 atom stereocenters. The van der Waals surface area contributed by atoms with Gasteiger partial charge < -0.3 is 11.1 Å². The minimum Gasteiger partial charge on any atom is -0.352 e. The molecule has 4 nitrogen and oxygen atoms in total. The second kappa shape index (κ2) is 6.03. The van der Waals surface area contributed by atoms with E-state index in [1.54, 1.807) is 11.3 Å². The van der Waals surface area contributed by atoms with E-state index in [-0.39, 0.29) is 5.41 Å². The van der Waals surface area contributed by atoms with Crippen LogP contribution in [0.2, 0.25) is 5.02 Å². The van der Waals surface area contributed by atoms with E-state index in [0.29, 0.717) is 11.6 Å². The molecule has 6 heteroatoms. The molecule has 112 valence electrons. The van der Waals surface area contributed by atoms with Gasteiger partial charge in [-0.1, -0.05) is 44.5 Å². The summed E-state index contributed by atoms with van der Waals surface area (Å²) in [6, 6.07) is 7.00. The Labute approximate surface area is 133 Å². The topological polar surface area (TPSA) is 68.0 Å². The number of amides is 2. The molecule has 0 fully saturated rings. The van der Waals surface area contributed by atoms with Gasteiger partial charge in [0, 0.05) is 16.0 Å². The van der Waals surface area contributed by atoms with Crippen LogP contribution in [0.4, 0.5) is 4.79 Å². The molecule has 0 bridgehead atoms. The minimum absolute atomic E-state index is 0.0526. The Kier molecular flexibility index (Phi) is 4.54. The predicted octanol–water partition coefficient (Wildman–Crippen LogP) is 3.93. The average Bonchev–Trinajstić information content (AvgIpc) is 2.80. The molecule has 0 spiro atoms. The monoisotopic (exact) mass is 323 g/mol. The van der Waals surface area contributed by atoms with Crippen LogP contribution in [0.5, 0.6) is 0 Å². The van der Waals surface area contributed by atoms with Crippen LogP contribution in [0, 0.1) is 0 Å². The molecule has 0 saturated carbocycles. The van der Waals surface area contributed by atoms with Gasteiger partial charge in [-0.3, -0.25) is 0 Å². The Morgan fingerprint density at radius 1 is 1.43 bits per heavy atom. The fourth-order valence-electron chi connectivity index (χ4n) is 1.82. The number of nitrogens with zero attached hydrogens (tertiary/aromatic N) is 1. The molecule has 0 radical (unpaired) electrons. The third-order valence-corrected chi connectivity index (χ3v) is 4.58. The van der Waals surface area contributed by atoms with Gasteiger partial charge >= 0.3 is 6.03 Å². The normalized spacial score (nSPS) is 11.4. The summed E-state index contributed by atoms with van der Waals surface area (Å²) in [7, 11) is 0. The summed E-state index contributed by atoms with van der Waals surface area (Å²) in [4.78, 5) is 16.7. The molecule has 0 unspecified atom stereocenters. The number of nitrogens with one attached hydrogen (secondary N) is 1. The molecule has 0 aliphatic heterocycles. The summed E-state index contributed by atoms with van der Waals surface area (Å²) < 4.78 is 0. The molecular formula is C15H18ClN3OS. The van der Waals surface area contributed by atoms with Gasteiger partial charge in [-0.25, -0.2) is 9.78 Å². The molecule has 1 aromatic heterocycles. The number of aromatic nitrogens is 1. The maximum atomic E-state index is 11.0. The number of benzene rings is 1. The van der Waals surface area contributed by atoms with Gasteiger partial charge in [0.25, 0.3) is 0 Å². The number of primary amides is 1. The van der Waals surface area contributed by atoms with Crippen LogP contribution in [-0.2, 0) is 12.0 Å². The largest absolute Gasteiger partial charge is 0.352 e. The van der Waals surface area contributed by atoms with Crippen LogP contribution in [0.3, 0.4) is 0 Å². The summed E-state index contributed by atoms with van der Waals surface area (Å²) in [5.74, 6) is 0. The highest BCUT2D eigenvalue weighted by Crippen LogP contribution is 2.35. The van der Waals surface area contributed by atoms with Crippen LogP contribution in [0.15, 0.2) is 24.3 Å². The summed E-state index contributed by atoms with van der Waals surface area (Å²) >= 11 is 7.64. The third kappa shape index (κ3) is 3.95. The van der Waals surface area contributed by atoms with Crippen molar-refractivity contribution in [3.63, 3.8) is 0 Å². The van der Waals surface area contributed by atoms with E-state index in [4.69, 9.17) is 22.3 Å². The van der Waals surface area contributed by atoms with Gasteiger partial charge in [0.2, 0.25) is 0 Å². The lowest BCUT2D eigenvalue weighted by molar-refractivity contribution is 0.248. The number of rotatable bonds is 3. The van der Waals surface area contributed by atoms with E-state index in [0.717, 1.165) is 21.1 Å². The summed E-state index contributed by atoms with van der Waals surface area (Å²) in [5, 5.41) is 4.30. The lowest BCUT2D eigenvalue weighted by Gasteiger charge is -2.13. The molecule has 2 amide bonds. The lowest BCUT2D eigenvalue weighted by Crippen LogP contribution is -2.28. The summed E-state index contributed by atoms with van der Waals surface area (Å²) in [5.41, 5.74) is 6.89. The number of nitrogens with two attached hydrogens (primary N) is 1. The van der Waals surface area contributed by atoms with Crippen molar-refractivity contribution in [1.29, 1.82) is 0 Å². The van der Waals surface area contributed by atoms with Crippen molar-refractivity contribution in [3.8, 4) is 11.3 Å². The van der Waals surface area contributed by atoms with Gasteiger partial charge in [0.05, 0.1) is 22.1 Å². The van der Waals surface area contributed by atoms with E-state index in [1.807, 2.05) is 24.3 Å². The summed E-state index contributed by atoms with van der Waals surface area (Å²) in [6.45, 7) is 6.70. The van der Waals surface area contributed by atoms with E-state index >= 15 is 0 Å². The van der Waals surface area contributed by atoms with Crippen molar-refractivity contribution in [2.45, 2.75) is 32.7 Å². The van der Waals surface area contributed by atoms with Crippen molar-refractivity contribution >= 4 is 29.0 Å². The molecule has 0 saturated heterocycles. The second-order valence-electron chi connectivity index (χ2n) is 5.77. The van der Waals surface area contributed by atoms with E-state index in [9.17, 15) is 4.79 Å². The number of carbonyl (C=O) groups is 1. The van der Waals surface area contributed by atoms with Crippen molar-refractivity contribution in [3.05, 3.63) is 39.2 Å². The maximum absolute atomic E-state index is 11.0. The molecule has 0 aliphatic rings. The van der Waals surface area contributed by atoms with E-state index in [1.165, 1.54) is 0 Å². The average molecular weight is 324 g/mol. The van der Waals surface area contributed by atoms with E-state index < -0.39 is 6.03 Å². The van der Waals surface area contributed by atoms with Crippen LogP contribution in [0.25, 0.3) is 11.3 Å². The number of urea groups is 1. The minimum atomic E-state index is -0.544. The zero-order valence-corrected chi connectivity index (χ0v) is 13.8. The van der Waals surface area contributed by atoms with Crippen LogP contribution in [-0.4, -0.2) is 11.0 Å². The molecule has 1 aromatic carbocycles. The molecule has 0 aliphatic carbocycles. The molecule has 2 rings (SSSR count). The number of halogens is 1. The standard InChI is InChI=1S/C15H18ClN3OS/c1-15(2,3)13-19-12(9-5-4-6-10(16)7-9)11(21-13)8-18-14(17)20/h4-7H,8H2,1-3H3,(H3,17,18,20). The first-order valence-electron chi connectivity index (χ1n) is 6.57. The fourth-order valence-corrected chi connectivity index (χ4v) is 3.09. The van der Waals surface area contributed by atoms with Crippen molar-refractivity contribution in [2.75, 3.05) is 0 Å². The zero-order chi connectivity index (χ0) is 15.6. The molecule has 1 heterocycles. The molecule has 3 N–H and O–H groups in total. The van der Waals surface area contributed by atoms with Gasteiger partial charge in [-0.15, -0.1) is 11.3 Å². The van der Waals surface area contributed by atoms with Crippen LogP contribution in [0.1, 0.15) is 30.7 Å².